The van der Waals surface area contributed by atoms with Gasteiger partial charge in [-0.25, -0.2) is 0 Å². The number of hydrogen-bond acceptors (Lipinski definition) is 2. The standard InChI is InChI=1S/C17H29NO/c1-6-12-18-16(17(2,3)4)11-10-14-8-7-9-15(13-14)19-5/h7-9,13,16,18H,6,10-12H2,1-5H3. The molecule has 0 fully saturated rings. The van der Waals surface area contributed by atoms with E-state index in [1.807, 2.05) is 6.07 Å². The van der Waals surface area contributed by atoms with Crippen LogP contribution < -0.4 is 10.1 Å². The number of ether oxygens (including phenoxy) is 1. The van der Waals surface area contributed by atoms with Crippen LogP contribution in [0.3, 0.4) is 0 Å². The van der Waals surface area contributed by atoms with Gasteiger partial charge >= 0.3 is 0 Å². The molecule has 0 aliphatic heterocycles. The van der Waals surface area contributed by atoms with E-state index in [1.54, 1.807) is 7.11 Å². The van der Waals surface area contributed by atoms with Crippen molar-refractivity contribution in [3.05, 3.63) is 29.8 Å². The van der Waals surface area contributed by atoms with E-state index in [1.165, 1.54) is 12.0 Å². The highest BCUT2D eigenvalue weighted by molar-refractivity contribution is 5.28. The Morgan fingerprint density at radius 2 is 2.00 bits per heavy atom. The predicted octanol–water partition coefficient (Wildman–Crippen LogP) is 4.04. The van der Waals surface area contributed by atoms with Gasteiger partial charge in [-0.05, 0) is 48.9 Å². The zero-order valence-electron chi connectivity index (χ0n) is 13.1. The van der Waals surface area contributed by atoms with Crippen LogP contribution in [0.25, 0.3) is 0 Å². The third-order valence-electron chi connectivity index (χ3n) is 3.54. The first-order valence-electron chi connectivity index (χ1n) is 7.33. The molecule has 2 heteroatoms. The lowest BCUT2D eigenvalue weighted by atomic mass is 9.83. The molecule has 0 heterocycles. The Hall–Kier alpha value is -1.02. The maximum atomic E-state index is 5.28. The number of benzene rings is 1. The number of rotatable bonds is 7. The molecule has 0 radical (unpaired) electrons. The van der Waals surface area contributed by atoms with Crippen LogP contribution in [0.4, 0.5) is 0 Å². The second-order valence-electron chi connectivity index (χ2n) is 6.26. The Bertz CT molecular complexity index is 368. The van der Waals surface area contributed by atoms with Crippen LogP contribution >= 0.6 is 0 Å². The summed E-state index contributed by atoms with van der Waals surface area (Å²) in [5.74, 6) is 0.950. The van der Waals surface area contributed by atoms with Gasteiger partial charge in [0.25, 0.3) is 0 Å². The summed E-state index contributed by atoms with van der Waals surface area (Å²) in [7, 11) is 1.72. The van der Waals surface area contributed by atoms with Gasteiger partial charge in [0.2, 0.25) is 0 Å². The molecule has 2 nitrogen and oxygen atoms in total. The van der Waals surface area contributed by atoms with Crippen LogP contribution in [-0.2, 0) is 6.42 Å². The Balaban J connectivity index is 2.59. The molecular weight excluding hydrogens is 234 g/mol. The SMILES string of the molecule is CCCNC(CCc1cccc(OC)c1)C(C)(C)C. The molecule has 1 rings (SSSR count). The zero-order valence-corrected chi connectivity index (χ0v) is 13.1. The van der Waals surface area contributed by atoms with E-state index in [0.717, 1.165) is 25.1 Å². The van der Waals surface area contributed by atoms with E-state index in [2.05, 4.69) is 51.2 Å². The largest absolute Gasteiger partial charge is 0.497 e. The van der Waals surface area contributed by atoms with Gasteiger partial charge in [0.1, 0.15) is 5.75 Å². The maximum Gasteiger partial charge on any atom is 0.119 e. The average molecular weight is 263 g/mol. The fourth-order valence-electron chi connectivity index (χ4n) is 2.30. The van der Waals surface area contributed by atoms with Crippen molar-refractivity contribution < 1.29 is 4.74 Å². The summed E-state index contributed by atoms with van der Waals surface area (Å²) in [6.07, 6.45) is 3.44. The first-order valence-corrected chi connectivity index (χ1v) is 7.33. The van der Waals surface area contributed by atoms with Crippen LogP contribution in [0.1, 0.15) is 46.1 Å². The van der Waals surface area contributed by atoms with Crippen LogP contribution in [-0.4, -0.2) is 19.7 Å². The molecule has 19 heavy (non-hydrogen) atoms. The Morgan fingerprint density at radius 1 is 1.26 bits per heavy atom. The van der Waals surface area contributed by atoms with Gasteiger partial charge < -0.3 is 10.1 Å². The smallest absolute Gasteiger partial charge is 0.119 e. The summed E-state index contributed by atoms with van der Waals surface area (Å²) in [4.78, 5) is 0. The molecule has 0 spiro atoms. The van der Waals surface area contributed by atoms with Crippen molar-refractivity contribution >= 4 is 0 Å². The van der Waals surface area contributed by atoms with Gasteiger partial charge in [0, 0.05) is 6.04 Å². The van der Waals surface area contributed by atoms with E-state index in [-0.39, 0.29) is 0 Å². The van der Waals surface area contributed by atoms with Crippen LogP contribution in [0, 0.1) is 5.41 Å². The lowest BCUT2D eigenvalue weighted by molar-refractivity contribution is 0.255. The molecule has 0 aliphatic rings. The Kier molecular flexibility index (Phi) is 6.36. The molecule has 0 saturated carbocycles. The summed E-state index contributed by atoms with van der Waals surface area (Å²) in [5, 5.41) is 3.68. The lowest BCUT2D eigenvalue weighted by Gasteiger charge is -2.32. The number of hydrogen-bond donors (Lipinski definition) is 1. The van der Waals surface area contributed by atoms with E-state index < -0.39 is 0 Å². The van der Waals surface area contributed by atoms with Gasteiger partial charge in [-0.2, -0.15) is 0 Å². The molecular formula is C17H29NO. The highest BCUT2D eigenvalue weighted by Gasteiger charge is 2.23. The normalized spacial score (nSPS) is 13.3. The number of aryl methyl sites for hydroxylation is 1. The van der Waals surface area contributed by atoms with Crippen molar-refractivity contribution in [2.24, 2.45) is 5.41 Å². The van der Waals surface area contributed by atoms with Crippen molar-refractivity contribution in [2.45, 2.75) is 53.0 Å². The van der Waals surface area contributed by atoms with Gasteiger partial charge in [-0.1, -0.05) is 39.8 Å². The van der Waals surface area contributed by atoms with E-state index >= 15 is 0 Å². The lowest BCUT2D eigenvalue weighted by Crippen LogP contribution is -2.41. The molecule has 1 N–H and O–H groups in total. The van der Waals surface area contributed by atoms with Gasteiger partial charge in [0.15, 0.2) is 0 Å². The van der Waals surface area contributed by atoms with Crippen molar-refractivity contribution in [2.75, 3.05) is 13.7 Å². The topological polar surface area (TPSA) is 21.3 Å². The molecule has 1 atom stereocenters. The van der Waals surface area contributed by atoms with Crippen molar-refractivity contribution in [3.63, 3.8) is 0 Å². The minimum Gasteiger partial charge on any atom is -0.497 e. The Labute approximate surface area is 118 Å². The van der Waals surface area contributed by atoms with Crippen molar-refractivity contribution in [1.82, 2.24) is 5.32 Å². The third kappa shape index (κ3) is 5.65. The Morgan fingerprint density at radius 3 is 2.58 bits per heavy atom. The first-order chi connectivity index (χ1) is 8.97. The first kappa shape index (κ1) is 16.0. The molecule has 0 saturated heterocycles. The molecule has 108 valence electrons. The summed E-state index contributed by atoms with van der Waals surface area (Å²) < 4.78 is 5.28. The highest BCUT2D eigenvalue weighted by atomic mass is 16.5. The summed E-state index contributed by atoms with van der Waals surface area (Å²) >= 11 is 0. The molecule has 0 aliphatic carbocycles. The monoisotopic (exact) mass is 263 g/mol. The molecule has 1 aromatic rings. The van der Waals surface area contributed by atoms with Gasteiger partial charge in [-0.3, -0.25) is 0 Å². The van der Waals surface area contributed by atoms with Crippen LogP contribution in [0.2, 0.25) is 0 Å². The quantitative estimate of drug-likeness (QED) is 0.801. The molecule has 1 unspecified atom stereocenters. The summed E-state index contributed by atoms with van der Waals surface area (Å²) in [6, 6.07) is 8.94. The number of methoxy groups -OCH3 is 1. The number of nitrogens with one attached hydrogen (secondary N) is 1. The molecule has 0 amide bonds. The zero-order chi connectivity index (χ0) is 14.3. The average Bonchev–Trinajstić information content (AvgIpc) is 2.37. The van der Waals surface area contributed by atoms with E-state index in [4.69, 9.17) is 4.74 Å². The summed E-state index contributed by atoms with van der Waals surface area (Å²) in [5.41, 5.74) is 1.65. The van der Waals surface area contributed by atoms with Gasteiger partial charge in [0.05, 0.1) is 7.11 Å². The minimum atomic E-state index is 0.300. The molecule has 0 aromatic heterocycles. The summed E-state index contributed by atoms with van der Waals surface area (Å²) in [6.45, 7) is 10.2. The second kappa shape index (κ2) is 7.54. The van der Waals surface area contributed by atoms with E-state index in [0.29, 0.717) is 11.5 Å². The highest BCUT2D eigenvalue weighted by Crippen LogP contribution is 2.24. The van der Waals surface area contributed by atoms with Gasteiger partial charge in [-0.15, -0.1) is 0 Å². The molecule has 0 bridgehead atoms. The van der Waals surface area contributed by atoms with Crippen LogP contribution in [0.15, 0.2) is 24.3 Å². The van der Waals surface area contributed by atoms with Crippen LogP contribution in [0.5, 0.6) is 5.75 Å². The predicted molar refractivity (Wildman–Crippen MR) is 82.9 cm³/mol. The fraction of sp³-hybridized carbons (Fsp3) is 0.647. The second-order valence-corrected chi connectivity index (χ2v) is 6.26. The molecule has 1 aromatic carbocycles. The third-order valence-corrected chi connectivity index (χ3v) is 3.54. The maximum absolute atomic E-state index is 5.28. The fourth-order valence-corrected chi connectivity index (χ4v) is 2.30. The minimum absolute atomic E-state index is 0.300. The van der Waals surface area contributed by atoms with Crippen molar-refractivity contribution in [3.8, 4) is 5.75 Å². The van der Waals surface area contributed by atoms with E-state index in [9.17, 15) is 0 Å². The van der Waals surface area contributed by atoms with Crippen molar-refractivity contribution in [1.29, 1.82) is 0 Å².